The highest BCUT2D eigenvalue weighted by Gasteiger charge is 2.20. The summed E-state index contributed by atoms with van der Waals surface area (Å²) in [5, 5.41) is 18.0. The number of aliphatic imine (C=N–C) groups is 2. The summed E-state index contributed by atoms with van der Waals surface area (Å²) in [5.41, 5.74) is 3.00. The molecule has 0 aliphatic heterocycles. The minimum atomic E-state index is -0.391. The second-order valence-corrected chi connectivity index (χ2v) is 5.32. The smallest absolute Gasteiger partial charge is 0.206 e. The Kier molecular flexibility index (Phi) is 4.78. The van der Waals surface area contributed by atoms with Gasteiger partial charge >= 0.3 is 0 Å². The van der Waals surface area contributed by atoms with Crippen LogP contribution >= 0.6 is 0 Å². The topological polar surface area (TPSA) is 72.3 Å². The summed E-state index contributed by atoms with van der Waals surface area (Å²) in [4.78, 5) is 7.65. The van der Waals surface area contributed by atoms with E-state index in [9.17, 15) is 8.78 Å². The number of hydrogen-bond acceptors (Lipinski definition) is 4. The molecular weight excluding hydrogens is 334 g/mol. The summed E-state index contributed by atoms with van der Waals surface area (Å²) < 4.78 is 26.4. The van der Waals surface area contributed by atoms with Gasteiger partial charge in [0.05, 0.1) is 11.4 Å². The Balaban J connectivity index is 2.16. The molecule has 2 aromatic carbocycles. The van der Waals surface area contributed by atoms with E-state index in [1.165, 1.54) is 24.3 Å². The SMILES string of the molecule is N#C/N=C1C=C(c2ccc(F)cc2)/C(=N\C#N)C=C/1c1ccc(F)cc1. The Hall–Kier alpha value is -3.90. The van der Waals surface area contributed by atoms with Crippen LogP contribution in [-0.2, 0) is 0 Å². The van der Waals surface area contributed by atoms with Crippen LogP contribution in [0.4, 0.5) is 8.78 Å². The van der Waals surface area contributed by atoms with E-state index in [2.05, 4.69) is 9.98 Å². The number of rotatable bonds is 2. The first-order chi connectivity index (χ1) is 12.6. The van der Waals surface area contributed by atoms with E-state index < -0.39 is 11.6 Å². The van der Waals surface area contributed by atoms with Crippen LogP contribution in [0.25, 0.3) is 11.1 Å². The van der Waals surface area contributed by atoms with E-state index in [-0.39, 0.29) is 0 Å². The lowest BCUT2D eigenvalue weighted by molar-refractivity contribution is 0.627. The Bertz CT molecular complexity index is 957. The molecule has 0 spiro atoms. The molecule has 4 nitrogen and oxygen atoms in total. The third-order valence-electron chi connectivity index (χ3n) is 3.77. The number of nitriles is 2. The summed E-state index contributed by atoms with van der Waals surface area (Å²) in [6, 6.07) is 11.4. The van der Waals surface area contributed by atoms with E-state index in [4.69, 9.17) is 10.5 Å². The van der Waals surface area contributed by atoms with E-state index in [1.807, 2.05) is 0 Å². The normalized spacial score (nSPS) is 16.6. The van der Waals surface area contributed by atoms with Crippen molar-refractivity contribution in [3.63, 3.8) is 0 Å². The molecule has 0 atom stereocenters. The van der Waals surface area contributed by atoms with Gasteiger partial charge in [0.1, 0.15) is 11.6 Å². The van der Waals surface area contributed by atoms with Crippen molar-refractivity contribution in [2.24, 2.45) is 9.98 Å². The fourth-order valence-electron chi connectivity index (χ4n) is 2.59. The molecule has 0 saturated carbocycles. The quantitative estimate of drug-likeness (QED) is 0.602. The molecule has 0 unspecified atom stereocenters. The summed E-state index contributed by atoms with van der Waals surface area (Å²) in [5.74, 6) is -0.783. The monoisotopic (exact) mass is 344 g/mol. The van der Waals surface area contributed by atoms with E-state index >= 15 is 0 Å². The fourth-order valence-corrected chi connectivity index (χ4v) is 2.59. The van der Waals surface area contributed by atoms with Crippen LogP contribution in [0.1, 0.15) is 11.1 Å². The third-order valence-corrected chi connectivity index (χ3v) is 3.77. The number of nitrogens with zero attached hydrogens (tertiary/aromatic N) is 4. The summed E-state index contributed by atoms with van der Waals surface area (Å²) in [7, 11) is 0. The molecule has 0 fully saturated rings. The van der Waals surface area contributed by atoms with Crippen molar-refractivity contribution in [3.05, 3.63) is 83.4 Å². The number of allylic oxidation sites excluding steroid dienone is 4. The molecule has 2 aromatic rings. The molecule has 124 valence electrons. The van der Waals surface area contributed by atoms with Gasteiger partial charge in [-0.15, -0.1) is 0 Å². The maximum atomic E-state index is 13.2. The molecule has 1 aliphatic carbocycles. The van der Waals surface area contributed by atoms with Crippen LogP contribution < -0.4 is 0 Å². The second-order valence-electron chi connectivity index (χ2n) is 5.32. The predicted molar refractivity (Wildman–Crippen MR) is 94.8 cm³/mol. The van der Waals surface area contributed by atoms with E-state index in [1.54, 1.807) is 48.8 Å². The summed E-state index contributed by atoms with van der Waals surface area (Å²) in [6.07, 6.45) is 6.69. The Morgan fingerprint density at radius 3 is 1.27 bits per heavy atom. The Morgan fingerprint density at radius 2 is 0.962 bits per heavy atom. The van der Waals surface area contributed by atoms with Crippen LogP contribution in [0, 0.1) is 34.5 Å². The van der Waals surface area contributed by atoms with Gasteiger partial charge in [-0.1, -0.05) is 24.3 Å². The van der Waals surface area contributed by atoms with Gasteiger partial charge in [-0.3, -0.25) is 0 Å². The molecule has 0 bridgehead atoms. The lowest BCUT2D eigenvalue weighted by Crippen LogP contribution is -2.12. The first kappa shape index (κ1) is 16.9. The highest BCUT2D eigenvalue weighted by molar-refractivity contribution is 6.46. The fraction of sp³-hybridized carbons (Fsp3) is 0. The average Bonchev–Trinajstić information content (AvgIpc) is 2.64. The van der Waals surface area contributed by atoms with Crippen molar-refractivity contribution in [1.29, 1.82) is 10.5 Å². The minimum Gasteiger partial charge on any atom is -0.207 e. The van der Waals surface area contributed by atoms with Crippen molar-refractivity contribution >= 4 is 22.6 Å². The van der Waals surface area contributed by atoms with Gasteiger partial charge in [-0.05, 0) is 47.5 Å². The van der Waals surface area contributed by atoms with Crippen LogP contribution in [-0.4, -0.2) is 11.4 Å². The summed E-state index contributed by atoms with van der Waals surface area (Å²) in [6.45, 7) is 0. The zero-order valence-electron chi connectivity index (χ0n) is 13.3. The van der Waals surface area contributed by atoms with Gasteiger partial charge in [0, 0.05) is 11.1 Å². The molecule has 0 heterocycles. The molecule has 0 radical (unpaired) electrons. The van der Waals surface area contributed by atoms with Crippen LogP contribution in [0.3, 0.4) is 0 Å². The van der Waals surface area contributed by atoms with Crippen molar-refractivity contribution in [2.75, 3.05) is 0 Å². The van der Waals surface area contributed by atoms with Gasteiger partial charge < -0.3 is 0 Å². The highest BCUT2D eigenvalue weighted by atomic mass is 19.1. The number of halogens is 2. The molecule has 0 saturated heterocycles. The molecule has 3 rings (SSSR count). The van der Waals surface area contributed by atoms with Gasteiger partial charge in [-0.25, -0.2) is 8.78 Å². The van der Waals surface area contributed by atoms with Gasteiger partial charge in [0.2, 0.25) is 12.4 Å². The second kappa shape index (κ2) is 7.33. The average molecular weight is 344 g/mol. The van der Waals surface area contributed by atoms with E-state index in [0.717, 1.165) is 0 Å². The van der Waals surface area contributed by atoms with Crippen molar-refractivity contribution < 1.29 is 8.78 Å². The molecule has 0 aromatic heterocycles. The van der Waals surface area contributed by atoms with Crippen molar-refractivity contribution in [2.45, 2.75) is 0 Å². The Morgan fingerprint density at radius 1 is 0.615 bits per heavy atom. The van der Waals surface area contributed by atoms with E-state index in [0.29, 0.717) is 33.7 Å². The minimum absolute atomic E-state index is 0.343. The lowest BCUT2D eigenvalue weighted by atomic mass is 9.88. The third kappa shape index (κ3) is 3.45. The number of benzene rings is 2. The first-order valence-corrected chi connectivity index (χ1v) is 7.52. The van der Waals surface area contributed by atoms with Gasteiger partial charge in [0.15, 0.2) is 0 Å². The molecular formula is C20H10F2N4. The number of hydrogen-bond donors (Lipinski definition) is 0. The lowest BCUT2D eigenvalue weighted by Gasteiger charge is -2.17. The molecule has 26 heavy (non-hydrogen) atoms. The largest absolute Gasteiger partial charge is 0.207 e. The maximum absolute atomic E-state index is 13.2. The van der Waals surface area contributed by atoms with Crippen LogP contribution in [0.5, 0.6) is 0 Å². The molecule has 1 aliphatic rings. The maximum Gasteiger partial charge on any atom is 0.206 e. The molecule has 6 heteroatoms. The van der Waals surface area contributed by atoms with Gasteiger partial charge in [-0.2, -0.15) is 20.5 Å². The van der Waals surface area contributed by atoms with Crippen molar-refractivity contribution in [1.82, 2.24) is 0 Å². The zero-order chi connectivity index (χ0) is 18.5. The van der Waals surface area contributed by atoms with Crippen LogP contribution in [0.2, 0.25) is 0 Å². The standard InChI is InChI=1S/C20H10F2N4/c21-15-5-1-13(2-6-15)17-9-20(26-12-24)18(10-19(17)25-11-23)14-3-7-16(22)8-4-14/h1-10H/b25-19-,26-20-. The summed E-state index contributed by atoms with van der Waals surface area (Å²) >= 11 is 0. The molecule has 0 amide bonds. The zero-order valence-corrected chi connectivity index (χ0v) is 13.3. The predicted octanol–water partition coefficient (Wildman–Crippen LogP) is 4.29. The van der Waals surface area contributed by atoms with Crippen molar-refractivity contribution in [3.8, 4) is 12.4 Å². The van der Waals surface area contributed by atoms with Crippen LogP contribution in [0.15, 0.2) is 70.7 Å². The van der Waals surface area contributed by atoms with Gasteiger partial charge in [0.25, 0.3) is 0 Å². The highest BCUT2D eigenvalue weighted by Crippen LogP contribution is 2.29. The molecule has 0 N–H and O–H groups in total. The Labute approximate surface area is 148 Å². The first-order valence-electron chi connectivity index (χ1n) is 7.52.